The maximum atomic E-state index is 13.2. The number of amides is 1. The molecule has 0 saturated heterocycles. The van der Waals surface area contributed by atoms with Crippen LogP contribution in [0.15, 0.2) is 24.3 Å². The number of halogens is 1. The van der Waals surface area contributed by atoms with E-state index >= 15 is 0 Å². The van der Waals surface area contributed by atoms with Crippen LogP contribution in [0.3, 0.4) is 0 Å². The normalized spacial score (nSPS) is 10.2. The Morgan fingerprint density at radius 3 is 2.67 bits per heavy atom. The number of rotatable bonds is 1. The molecular formula is C14H16FNO2. The lowest BCUT2D eigenvalue weighted by Gasteiger charge is -2.18. The first kappa shape index (κ1) is 14.0. The average molecular weight is 249 g/mol. The van der Waals surface area contributed by atoms with Crippen LogP contribution in [-0.2, 0) is 4.74 Å². The van der Waals surface area contributed by atoms with Gasteiger partial charge in [0.1, 0.15) is 11.4 Å². The molecule has 0 aliphatic carbocycles. The monoisotopic (exact) mass is 249 g/mol. The van der Waals surface area contributed by atoms with Crippen molar-refractivity contribution in [1.29, 1.82) is 0 Å². The molecule has 4 heteroatoms. The van der Waals surface area contributed by atoms with Gasteiger partial charge >= 0.3 is 6.09 Å². The first-order valence-corrected chi connectivity index (χ1v) is 5.59. The maximum Gasteiger partial charge on any atom is 0.408 e. The molecule has 3 nitrogen and oxygen atoms in total. The summed E-state index contributed by atoms with van der Waals surface area (Å²) in [6, 6.07) is 6.22. The summed E-state index contributed by atoms with van der Waals surface area (Å²) in [7, 11) is 0. The van der Waals surface area contributed by atoms with Crippen LogP contribution in [0.2, 0.25) is 0 Å². The molecule has 0 spiro atoms. The van der Waals surface area contributed by atoms with Gasteiger partial charge in [0.15, 0.2) is 0 Å². The van der Waals surface area contributed by atoms with E-state index in [1.165, 1.54) is 6.07 Å². The van der Waals surface area contributed by atoms with Crippen LogP contribution in [0.1, 0.15) is 26.3 Å². The van der Waals surface area contributed by atoms with Gasteiger partial charge in [0.05, 0.1) is 12.1 Å². The molecule has 18 heavy (non-hydrogen) atoms. The first-order valence-electron chi connectivity index (χ1n) is 5.59. The van der Waals surface area contributed by atoms with Gasteiger partial charge in [-0.15, -0.1) is 0 Å². The van der Waals surface area contributed by atoms with E-state index in [1.807, 2.05) is 0 Å². The lowest BCUT2D eigenvalue weighted by Crippen LogP contribution is -2.32. The molecule has 1 amide bonds. The third kappa shape index (κ3) is 5.35. The van der Waals surface area contributed by atoms with Crippen LogP contribution in [0.25, 0.3) is 0 Å². The summed E-state index contributed by atoms with van der Waals surface area (Å²) in [4.78, 5) is 11.3. The Hall–Kier alpha value is -2.02. The highest BCUT2D eigenvalue weighted by Gasteiger charge is 2.14. The summed E-state index contributed by atoms with van der Waals surface area (Å²) in [5.74, 6) is 4.92. The number of benzene rings is 1. The summed E-state index contributed by atoms with van der Waals surface area (Å²) in [6.45, 7) is 5.44. The fourth-order valence-corrected chi connectivity index (χ4v) is 1.13. The highest BCUT2D eigenvalue weighted by molar-refractivity contribution is 5.68. The van der Waals surface area contributed by atoms with E-state index in [-0.39, 0.29) is 12.4 Å². The van der Waals surface area contributed by atoms with Crippen LogP contribution in [0.5, 0.6) is 0 Å². The van der Waals surface area contributed by atoms with Gasteiger partial charge in [-0.2, -0.15) is 0 Å². The Morgan fingerprint density at radius 1 is 1.39 bits per heavy atom. The van der Waals surface area contributed by atoms with Gasteiger partial charge in [-0.3, -0.25) is 0 Å². The predicted molar refractivity (Wildman–Crippen MR) is 67.5 cm³/mol. The second kappa shape index (κ2) is 6.06. The van der Waals surface area contributed by atoms with E-state index in [2.05, 4.69) is 17.2 Å². The number of hydrogen-bond donors (Lipinski definition) is 1. The summed E-state index contributed by atoms with van der Waals surface area (Å²) < 4.78 is 18.2. The molecule has 0 aliphatic heterocycles. The molecule has 0 bridgehead atoms. The molecule has 0 aromatic heterocycles. The minimum absolute atomic E-state index is 0.114. The molecule has 0 fully saturated rings. The van der Waals surface area contributed by atoms with Crippen molar-refractivity contribution < 1.29 is 13.9 Å². The molecular weight excluding hydrogens is 233 g/mol. The largest absolute Gasteiger partial charge is 0.444 e. The second-order valence-corrected chi connectivity index (χ2v) is 4.64. The van der Waals surface area contributed by atoms with Crippen LogP contribution in [0.4, 0.5) is 9.18 Å². The fourth-order valence-electron chi connectivity index (χ4n) is 1.13. The summed E-state index contributed by atoms with van der Waals surface area (Å²) in [5, 5.41) is 2.47. The van der Waals surface area contributed by atoms with Crippen molar-refractivity contribution in [3.8, 4) is 11.8 Å². The maximum absolute atomic E-state index is 13.2. The van der Waals surface area contributed by atoms with Gasteiger partial charge in [0.2, 0.25) is 0 Å². The number of carbonyl (C=O) groups excluding carboxylic acids is 1. The zero-order valence-electron chi connectivity index (χ0n) is 10.7. The molecule has 0 heterocycles. The molecule has 0 aliphatic rings. The Morgan fingerprint density at radius 2 is 2.06 bits per heavy atom. The quantitative estimate of drug-likeness (QED) is 0.777. The zero-order valence-corrected chi connectivity index (χ0v) is 10.7. The van der Waals surface area contributed by atoms with Crippen molar-refractivity contribution in [1.82, 2.24) is 5.32 Å². The van der Waals surface area contributed by atoms with Crippen LogP contribution in [-0.4, -0.2) is 18.2 Å². The lowest BCUT2D eigenvalue weighted by atomic mass is 10.2. The van der Waals surface area contributed by atoms with E-state index in [9.17, 15) is 9.18 Å². The van der Waals surface area contributed by atoms with Gasteiger partial charge in [0.25, 0.3) is 0 Å². The standard InChI is InChI=1S/C14H16FNO2/c1-14(2,3)18-13(17)16-10-6-8-11-7-4-5-9-12(11)15/h4-5,7,9H,10H2,1-3H3,(H,16,17). The molecule has 96 valence electrons. The number of ether oxygens (including phenoxy) is 1. The highest BCUT2D eigenvalue weighted by atomic mass is 19.1. The lowest BCUT2D eigenvalue weighted by molar-refractivity contribution is 0.0535. The van der Waals surface area contributed by atoms with Crippen molar-refractivity contribution in [2.45, 2.75) is 26.4 Å². The zero-order chi connectivity index (χ0) is 13.6. The van der Waals surface area contributed by atoms with E-state index in [1.54, 1.807) is 39.0 Å². The minimum atomic E-state index is -0.539. The van der Waals surface area contributed by atoms with Crippen LogP contribution in [0, 0.1) is 17.7 Å². The fraction of sp³-hybridized carbons (Fsp3) is 0.357. The average Bonchev–Trinajstić information content (AvgIpc) is 2.24. The number of nitrogens with one attached hydrogen (secondary N) is 1. The van der Waals surface area contributed by atoms with Crippen molar-refractivity contribution >= 4 is 6.09 Å². The molecule has 1 rings (SSSR count). The Labute approximate surface area is 106 Å². The Balaban J connectivity index is 2.44. The van der Waals surface area contributed by atoms with Gasteiger partial charge in [-0.05, 0) is 32.9 Å². The first-order chi connectivity index (χ1) is 8.38. The Kier molecular flexibility index (Phi) is 4.73. The van der Waals surface area contributed by atoms with Crippen molar-refractivity contribution in [2.75, 3.05) is 6.54 Å². The molecule has 1 aromatic carbocycles. The summed E-state index contributed by atoms with van der Waals surface area (Å²) >= 11 is 0. The smallest absolute Gasteiger partial charge is 0.408 e. The Bertz CT molecular complexity index is 481. The third-order valence-electron chi connectivity index (χ3n) is 1.82. The van der Waals surface area contributed by atoms with Gasteiger partial charge in [0, 0.05) is 0 Å². The topological polar surface area (TPSA) is 38.3 Å². The molecule has 0 saturated carbocycles. The molecule has 0 unspecified atom stereocenters. The molecule has 1 aromatic rings. The van der Waals surface area contributed by atoms with Crippen LogP contribution >= 0.6 is 0 Å². The third-order valence-corrected chi connectivity index (χ3v) is 1.82. The molecule has 0 radical (unpaired) electrons. The van der Waals surface area contributed by atoms with Crippen molar-refractivity contribution in [3.63, 3.8) is 0 Å². The second-order valence-electron chi connectivity index (χ2n) is 4.64. The van der Waals surface area contributed by atoms with E-state index in [4.69, 9.17) is 4.74 Å². The summed E-state index contributed by atoms with van der Waals surface area (Å²) in [6.07, 6.45) is -0.537. The van der Waals surface area contributed by atoms with Crippen LogP contribution < -0.4 is 5.32 Å². The van der Waals surface area contributed by atoms with E-state index in [0.29, 0.717) is 5.56 Å². The molecule has 0 atom stereocenters. The number of alkyl carbamates (subject to hydrolysis) is 1. The SMILES string of the molecule is CC(C)(C)OC(=O)NCC#Cc1ccccc1F. The van der Waals surface area contributed by atoms with E-state index in [0.717, 1.165) is 0 Å². The van der Waals surface area contributed by atoms with Gasteiger partial charge < -0.3 is 10.1 Å². The number of hydrogen-bond acceptors (Lipinski definition) is 2. The minimum Gasteiger partial charge on any atom is -0.444 e. The molecule has 1 N–H and O–H groups in total. The van der Waals surface area contributed by atoms with Gasteiger partial charge in [-0.1, -0.05) is 24.0 Å². The predicted octanol–water partition coefficient (Wildman–Crippen LogP) is 2.70. The van der Waals surface area contributed by atoms with Crippen molar-refractivity contribution in [2.24, 2.45) is 0 Å². The van der Waals surface area contributed by atoms with E-state index < -0.39 is 11.7 Å². The van der Waals surface area contributed by atoms with Gasteiger partial charge in [-0.25, -0.2) is 9.18 Å². The highest BCUT2D eigenvalue weighted by Crippen LogP contribution is 2.06. The number of carbonyl (C=O) groups is 1. The summed E-state index contributed by atoms with van der Waals surface area (Å²) in [5.41, 5.74) is -0.230. The van der Waals surface area contributed by atoms with Crippen molar-refractivity contribution in [3.05, 3.63) is 35.6 Å².